The molecule has 1 fully saturated rings. The lowest BCUT2D eigenvalue weighted by molar-refractivity contribution is 0.198. The summed E-state index contributed by atoms with van der Waals surface area (Å²) >= 11 is 5.37. The van der Waals surface area contributed by atoms with Crippen molar-refractivity contribution in [1.29, 1.82) is 0 Å². The largest absolute Gasteiger partial charge is 0.356 e. The Morgan fingerprint density at radius 2 is 2.08 bits per heavy atom. The fourth-order valence-corrected chi connectivity index (χ4v) is 3.72. The first-order chi connectivity index (χ1) is 12.2. The van der Waals surface area contributed by atoms with Crippen molar-refractivity contribution in [2.45, 2.75) is 25.4 Å². The minimum atomic E-state index is 0.508. The summed E-state index contributed by atoms with van der Waals surface area (Å²) in [5.74, 6) is 2.99. The van der Waals surface area contributed by atoms with E-state index in [1.54, 1.807) is 0 Å². The molecule has 1 aliphatic rings. The highest BCUT2D eigenvalue weighted by Crippen LogP contribution is 2.16. The number of hydrogen-bond donors (Lipinski definition) is 2. The van der Waals surface area contributed by atoms with E-state index >= 15 is 0 Å². The second-order valence-electron chi connectivity index (χ2n) is 6.18. The summed E-state index contributed by atoms with van der Waals surface area (Å²) in [5, 5.41) is 6.96. The number of thioether (sulfide) groups is 1. The van der Waals surface area contributed by atoms with Crippen LogP contribution in [0.3, 0.4) is 0 Å². The van der Waals surface area contributed by atoms with Gasteiger partial charge in [-0.15, -0.1) is 6.58 Å². The molecule has 25 heavy (non-hydrogen) atoms. The Hall–Kier alpha value is -0.980. The molecule has 1 aromatic carbocycles. The number of likely N-dealkylation sites (tertiary alicyclic amines) is 1. The number of nitrogens with zero attached hydrogens (tertiary/aromatic N) is 2. The number of benzene rings is 1. The molecule has 0 amide bonds. The molecule has 1 saturated heterocycles. The van der Waals surface area contributed by atoms with E-state index in [1.165, 1.54) is 5.56 Å². The van der Waals surface area contributed by atoms with E-state index in [2.05, 4.69) is 67.3 Å². The van der Waals surface area contributed by atoms with Gasteiger partial charge in [0.25, 0.3) is 0 Å². The Balaban J connectivity index is 1.66. The van der Waals surface area contributed by atoms with Crippen molar-refractivity contribution in [3.8, 4) is 0 Å². The lowest BCUT2D eigenvalue weighted by Gasteiger charge is -2.33. The summed E-state index contributed by atoms with van der Waals surface area (Å²) in [6, 6.07) is 9.14. The van der Waals surface area contributed by atoms with Gasteiger partial charge in [-0.2, -0.15) is 11.8 Å². The second-order valence-corrected chi connectivity index (χ2v) is 8.25. The van der Waals surface area contributed by atoms with Gasteiger partial charge < -0.3 is 10.6 Å². The van der Waals surface area contributed by atoms with E-state index < -0.39 is 0 Å². The third-order valence-corrected chi connectivity index (χ3v) is 5.74. The SMILES string of the molecule is C=CCSCCNC(=NC)NC1CCN(Cc2ccc(Br)cc2)CC1. The summed E-state index contributed by atoms with van der Waals surface area (Å²) in [4.78, 5) is 6.87. The molecule has 0 spiro atoms. The summed E-state index contributed by atoms with van der Waals surface area (Å²) < 4.78 is 1.14. The number of aliphatic imine (C=N–C) groups is 1. The molecule has 0 radical (unpaired) electrons. The highest BCUT2D eigenvalue weighted by Gasteiger charge is 2.19. The molecule has 0 unspecified atom stereocenters. The molecule has 0 saturated carbocycles. The molecule has 0 aromatic heterocycles. The maximum Gasteiger partial charge on any atom is 0.191 e. The van der Waals surface area contributed by atoms with Crippen molar-refractivity contribution < 1.29 is 0 Å². The van der Waals surface area contributed by atoms with Crippen molar-refractivity contribution in [3.63, 3.8) is 0 Å². The van der Waals surface area contributed by atoms with Crippen LogP contribution in [0.1, 0.15) is 18.4 Å². The maximum absolute atomic E-state index is 4.34. The fourth-order valence-electron chi connectivity index (χ4n) is 2.88. The van der Waals surface area contributed by atoms with Crippen molar-refractivity contribution >= 4 is 33.7 Å². The average molecular weight is 425 g/mol. The van der Waals surface area contributed by atoms with Crippen LogP contribution in [0.2, 0.25) is 0 Å². The van der Waals surface area contributed by atoms with E-state index in [4.69, 9.17) is 0 Å². The Morgan fingerprint density at radius 1 is 1.36 bits per heavy atom. The molecule has 2 rings (SSSR count). The number of hydrogen-bond acceptors (Lipinski definition) is 3. The molecule has 2 N–H and O–H groups in total. The van der Waals surface area contributed by atoms with E-state index in [9.17, 15) is 0 Å². The zero-order valence-corrected chi connectivity index (χ0v) is 17.4. The summed E-state index contributed by atoms with van der Waals surface area (Å²) in [7, 11) is 1.84. The molecular weight excluding hydrogens is 396 g/mol. The monoisotopic (exact) mass is 424 g/mol. The Morgan fingerprint density at radius 3 is 2.72 bits per heavy atom. The third-order valence-electron chi connectivity index (χ3n) is 4.25. The van der Waals surface area contributed by atoms with E-state index in [1.807, 2.05) is 24.9 Å². The molecule has 1 aromatic rings. The minimum Gasteiger partial charge on any atom is -0.356 e. The molecule has 1 aliphatic heterocycles. The van der Waals surface area contributed by atoms with Gasteiger partial charge in [0.1, 0.15) is 0 Å². The van der Waals surface area contributed by atoms with Gasteiger partial charge in [-0.1, -0.05) is 34.1 Å². The third kappa shape index (κ3) is 7.84. The molecule has 0 atom stereocenters. The van der Waals surface area contributed by atoms with Gasteiger partial charge in [-0.25, -0.2) is 0 Å². The van der Waals surface area contributed by atoms with Gasteiger partial charge >= 0.3 is 0 Å². The number of halogens is 1. The molecule has 138 valence electrons. The molecule has 0 bridgehead atoms. The Bertz CT molecular complexity index is 539. The molecule has 4 nitrogen and oxygen atoms in total. The topological polar surface area (TPSA) is 39.7 Å². The first kappa shape index (κ1) is 20.3. The van der Waals surface area contributed by atoms with Crippen molar-refractivity contribution in [2.75, 3.05) is 38.2 Å². The van der Waals surface area contributed by atoms with E-state index in [0.717, 1.165) is 61.0 Å². The summed E-state index contributed by atoms with van der Waals surface area (Å²) in [6.07, 6.45) is 4.25. The van der Waals surface area contributed by atoms with Gasteiger partial charge in [0, 0.05) is 55.2 Å². The highest BCUT2D eigenvalue weighted by atomic mass is 79.9. The van der Waals surface area contributed by atoms with Gasteiger partial charge in [-0.3, -0.25) is 9.89 Å². The van der Waals surface area contributed by atoms with Crippen LogP contribution in [0, 0.1) is 0 Å². The van der Waals surface area contributed by atoms with Crippen LogP contribution in [-0.2, 0) is 6.54 Å². The van der Waals surface area contributed by atoms with E-state index in [0.29, 0.717) is 6.04 Å². The van der Waals surface area contributed by atoms with E-state index in [-0.39, 0.29) is 0 Å². The second kappa shape index (κ2) is 11.6. The molecular formula is C19H29BrN4S. The zero-order chi connectivity index (χ0) is 17.9. The van der Waals surface area contributed by atoms with Crippen LogP contribution in [0.15, 0.2) is 46.4 Å². The van der Waals surface area contributed by atoms with Crippen LogP contribution in [0.25, 0.3) is 0 Å². The van der Waals surface area contributed by atoms with Crippen LogP contribution in [0.4, 0.5) is 0 Å². The highest BCUT2D eigenvalue weighted by molar-refractivity contribution is 9.10. The van der Waals surface area contributed by atoms with Crippen molar-refractivity contribution in [2.24, 2.45) is 4.99 Å². The predicted octanol–water partition coefficient (Wildman–Crippen LogP) is 3.50. The number of piperidine rings is 1. The van der Waals surface area contributed by atoms with Gasteiger partial charge in [0.2, 0.25) is 0 Å². The summed E-state index contributed by atoms with van der Waals surface area (Å²) in [5.41, 5.74) is 1.38. The number of guanidine groups is 1. The Labute approximate surface area is 164 Å². The van der Waals surface area contributed by atoms with Crippen LogP contribution < -0.4 is 10.6 Å². The first-order valence-corrected chi connectivity index (χ1v) is 10.8. The zero-order valence-electron chi connectivity index (χ0n) is 15.0. The van der Waals surface area contributed by atoms with Gasteiger partial charge in [0.05, 0.1) is 0 Å². The first-order valence-electron chi connectivity index (χ1n) is 8.84. The Kier molecular flexibility index (Phi) is 9.43. The normalized spacial score (nSPS) is 16.6. The minimum absolute atomic E-state index is 0.508. The molecule has 6 heteroatoms. The number of nitrogens with one attached hydrogen (secondary N) is 2. The molecule has 1 heterocycles. The smallest absolute Gasteiger partial charge is 0.191 e. The number of rotatable bonds is 8. The lowest BCUT2D eigenvalue weighted by atomic mass is 10.0. The quantitative estimate of drug-likeness (QED) is 0.290. The van der Waals surface area contributed by atoms with Gasteiger partial charge in [-0.05, 0) is 30.5 Å². The molecule has 0 aliphatic carbocycles. The maximum atomic E-state index is 4.34. The average Bonchev–Trinajstić information content (AvgIpc) is 2.64. The van der Waals surface area contributed by atoms with Crippen LogP contribution in [0.5, 0.6) is 0 Å². The van der Waals surface area contributed by atoms with Crippen molar-refractivity contribution in [1.82, 2.24) is 15.5 Å². The van der Waals surface area contributed by atoms with Crippen LogP contribution >= 0.6 is 27.7 Å². The predicted molar refractivity (Wildman–Crippen MR) is 114 cm³/mol. The standard InChI is InChI=1S/C19H29BrN4S/c1-3-13-25-14-10-22-19(21-2)23-18-8-11-24(12-9-18)15-16-4-6-17(20)7-5-16/h3-7,18H,1,8-15H2,2H3,(H2,21,22,23). The van der Waals surface area contributed by atoms with Gasteiger partial charge in [0.15, 0.2) is 5.96 Å². The van der Waals surface area contributed by atoms with Crippen molar-refractivity contribution in [3.05, 3.63) is 47.0 Å². The lowest BCUT2D eigenvalue weighted by Crippen LogP contribution is -2.48. The summed E-state index contributed by atoms with van der Waals surface area (Å²) in [6.45, 7) is 7.96. The van der Waals surface area contributed by atoms with Crippen LogP contribution in [-0.4, -0.2) is 55.1 Å². The fraction of sp³-hybridized carbons (Fsp3) is 0.526.